The largest absolute Gasteiger partial charge is 0.465 e. The minimum absolute atomic E-state index is 0.124. The van der Waals surface area contributed by atoms with Crippen LogP contribution in [0.15, 0.2) is 0 Å². The molecule has 0 bridgehead atoms. The average Bonchev–Trinajstić information content (AvgIpc) is 3.18. The number of hydrogen-bond acceptors (Lipinski definition) is 2. The monoisotopic (exact) mass is 761 g/mol. The van der Waals surface area contributed by atoms with Gasteiger partial charge in [0.05, 0.1) is 12.5 Å². The lowest BCUT2D eigenvalue weighted by Gasteiger charge is -2.16. The van der Waals surface area contributed by atoms with Crippen molar-refractivity contribution < 1.29 is 9.53 Å². The second-order valence-corrected chi connectivity index (χ2v) is 17.9. The molecule has 0 heterocycles. The van der Waals surface area contributed by atoms with Crippen LogP contribution >= 0.6 is 0 Å². The maximum atomic E-state index is 13.2. The molecule has 0 fully saturated rings. The molecule has 0 aliphatic carbocycles. The highest BCUT2D eigenvalue weighted by Crippen LogP contribution is 2.22. The van der Waals surface area contributed by atoms with Crippen molar-refractivity contribution in [3.05, 3.63) is 0 Å². The average molecular weight is 761 g/mol. The topological polar surface area (TPSA) is 26.3 Å². The van der Waals surface area contributed by atoms with Crippen LogP contribution in [0.4, 0.5) is 0 Å². The first-order valence-corrected chi connectivity index (χ1v) is 25.9. The molecule has 0 aromatic heterocycles. The van der Waals surface area contributed by atoms with Crippen LogP contribution in [0.2, 0.25) is 0 Å². The number of rotatable bonds is 48. The quantitative estimate of drug-likeness (QED) is 0.0456. The van der Waals surface area contributed by atoms with Gasteiger partial charge in [-0.3, -0.25) is 4.79 Å². The number of carbonyl (C=O) groups is 1. The van der Waals surface area contributed by atoms with E-state index in [0.717, 1.165) is 19.3 Å². The molecule has 0 aromatic rings. The fourth-order valence-corrected chi connectivity index (χ4v) is 8.49. The van der Waals surface area contributed by atoms with E-state index in [2.05, 4.69) is 20.8 Å². The van der Waals surface area contributed by atoms with Gasteiger partial charge in [0.1, 0.15) is 0 Å². The molecule has 0 saturated carbocycles. The molecule has 2 heteroatoms. The fraction of sp³-hybridized carbons (Fsp3) is 0.981. The summed E-state index contributed by atoms with van der Waals surface area (Å²) in [6, 6.07) is 0. The fourth-order valence-electron chi connectivity index (χ4n) is 8.49. The number of unbranched alkanes of at least 4 members (excludes halogenated alkanes) is 41. The van der Waals surface area contributed by atoms with Gasteiger partial charge >= 0.3 is 5.97 Å². The van der Waals surface area contributed by atoms with Gasteiger partial charge in [0.2, 0.25) is 0 Å². The number of esters is 1. The summed E-state index contributed by atoms with van der Waals surface area (Å²) in [4.78, 5) is 13.2. The number of ether oxygens (including phenoxy) is 1. The lowest BCUT2D eigenvalue weighted by molar-refractivity contribution is -0.149. The summed E-state index contributed by atoms with van der Waals surface area (Å²) in [5.74, 6) is 0.264. The Morgan fingerprint density at radius 3 is 0.685 bits per heavy atom. The van der Waals surface area contributed by atoms with E-state index in [1.165, 1.54) is 276 Å². The van der Waals surface area contributed by atoms with Crippen molar-refractivity contribution in [2.24, 2.45) is 5.92 Å². The molecular weight excluding hydrogens is 657 g/mol. The van der Waals surface area contributed by atoms with E-state index < -0.39 is 0 Å². The lowest BCUT2D eigenvalue weighted by atomic mass is 9.94. The van der Waals surface area contributed by atoms with Crippen molar-refractivity contribution >= 4 is 5.97 Å². The second-order valence-electron chi connectivity index (χ2n) is 17.9. The van der Waals surface area contributed by atoms with Gasteiger partial charge in [-0.1, -0.05) is 297 Å². The molecule has 0 radical (unpaired) electrons. The van der Waals surface area contributed by atoms with E-state index in [-0.39, 0.29) is 11.9 Å². The normalized spacial score (nSPS) is 12.1. The SMILES string of the molecule is CCCCCCCCCCCCCCCCCCCCCCC(CCCCCCCCCCCCCC)C(=O)OCCCCCCCCCCCCCC. The van der Waals surface area contributed by atoms with E-state index >= 15 is 0 Å². The van der Waals surface area contributed by atoms with Crippen molar-refractivity contribution in [1.82, 2.24) is 0 Å². The van der Waals surface area contributed by atoms with Gasteiger partial charge in [-0.25, -0.2) is 0 Å². The maximum absolute atomic E-state index is 13.2. The highest BCUT2D eigenvalue weighted by atomic mass is 16.5. The van der Waals surface area contributed by atoms with Crippen LogP contribution in [0.25, 0.3) is 0 Å². The zero-order chi connectivity index (χ0) is 39.1. The Kier molecular flexibility index (Phi) is 48.1. The molecule has 1 unspecified atom stereocenters. The van der Waals surface area contributed by atoms with Crippen molar-refractivity contribution in [2.75, 3.05) is 6.61 Å². The molecule has 54 heavy (non-hydrogen) atoms. The van der Waals surface area contributed by atoms with Crippen molar-refractivity contribution in [3.63, 3.8) is 0 Å². The summed E-state index contributed by atoms with van der Waals surface area (Å²) >= 11 is 0. The summed E-state index contributed by atoms with van der Waals surface area (Å²) in [5.41, 5.74) is 0. The first kappa shape index (κ1) is 53.5. The summed E-state index contributed by atoms with van der Waals surface area (Å²) in [6.07, 6.45) is 63.1. The standard InChI is InChI=1S/C52H104O2/c1-4-7-10-13-16-19-22-25-26-27-28-29-30-31-32-34-37-40-43-46-49-51(48-45-42-39-36-33-23-20-17-14-11-8-5-2)52(53)54-50-47-44-41-38-35-24-21-18-15-12-9-6-3/h51H,4-50H2,1-3H3. The van der Waals surface area contributed by atoms with Crippen LogP contribution in [0.3, 0.4) is 0 Å². The molecule has 324 valence electrons. The Morgan fingerprint density at radius 1 is 0.278 bits per heavy atom. The highest BCUT2D eigenvalue weighted by Gasteiger charge is 2.19. The molecule has 1 atom stereocenters. The van der Waals surface area contributed by atoms with E-state index in [0.29, 0.717) is 6.61 Å². The van der Waals surface area contributed by atoms with Gasteiger partial charge in [0, 0.05) is 0 Å². The lowest BCUT2D eigenvalue weighted by Crippen LogP contribution is -2.18. The third-order valence-electron chi connectivity index (χ3n) is 12.4. The van der Waals surface area contributed by atoms with E-state index in [9.17, 15) is 4.79 Å². The van der Waals surface area contributed by atoms with Gasteiger partial charge in [-0.15, -0.1) is 0 Å². The molecule has 0 amide bonds. The smallest absolute Gasteiger partial charge is 0.308 e. The van der Waals surface area contributed by atoms with Crippen LogP contribution in [-0.4, -0.2) is 12.6 Å². The molecule has 0 rings (SSSR count). The number of carbonyl (C=O) groups excluding carboxylic acids is 1. The van der Waals surface area contributed by atoms with Gasteiger partial charge in [0.25, 0.3) is 0 Å². The summed E-state index contributed by atoms with van der Waals surface area (Å²) < 4.78 is 5.91. The molecule has 0 aliphatic heterocycles. The van der Waals surface area contributed by atoms with Crippen LogP contribution in [0, 0.1) is 5.92 Å². The molecule has 0 aliphatic rings. The molecule has 2 nitrogen and oxygen atoms in total. The first-order chi connectivity index (χ1) is 26.8. The zero-order valence-corrected chi connectivity index (χ0v) is 38.1. The van der Waals surface area contributed by atoms with Crippen LogP contribution in [0.1, 0.15) is 316 Å². The Labute approximate surface area is 343 Å². The minimum atomic E-state index is 0.124. The van der Waals surface area contributed by atoms with Crippen LogP contribution in [-0.2, 0) is 9.53 Å². The zero-order valence-electron chi connectivity index (χ0n) is 38.1. The minimum Gasteiger partial charge on any atom is -0.465 e. The predicted molar refractivity (Wildman–Crippen MR) is 244 cm³/mol. The van der Waals surface area contributed by atoms with E-state index in [1.807, 2.05) is 0 Å². The van der Waals surface area contributed by atoms with Crippen molar-refractivity contribution in [3.8, 4) is 0 Å². The van der Waals surface area contributed by atoms with Crippen molar-refractivity contribution in [1.29, 1.82) is 0 Å². The number of hydrogen-bond donors (Lipinski definition) is 0. The highest BCUT2D eigenvalue weighted by molar-refractivity contribution is 5.72. The predicted octanol–water partition coefficient (Wildman–Crippen LogP) is 19.2. The summed E-state index contributed by atoms with van der Waals surface area (Å²) in [6.45, 7) is 7.55. The molecular formula is C52H104O2. The van der Waals surface area contributed by atoms with Crippen LogP contribution < -0.4 is 0 Å². The molecule has 0 aromatic carbocycles. The van der Waals surface area contributed by atoms with Gasteiger partial charge in [-0.2, -0.15) is 0 Å². The van der Waals surface area contributed by atoms with E-state index in [4.69, 9.17) is 4.74 Å². The maximum Gasteiger partial charge on any atom is 0.308 e. The third kappa shape index (κ3) is 44.2. The summed E-state index contributed by atoms with van der Waals surface area (Å²) in [5, 5.41) is 0. The Morgan fingerprint density at radius 2 is 0.463 bits per heavy atom. The van der Waals surface area contributed by atoms with Gasteiger partial charge < -0.3 is 4.74 Å². The van der Waals surface area contributed by atoms with Gasteiger partial charge in [-0.05, 0) is 19.3 Å². The molecule has 0 saturated heterocycles. The Bertz CT molecular complexity index is 673. The summed E-state index contributed by atoms with van der Waals surface area (Å²) in [7, 11) is 0. The van der Waals surface area contributed by atoms with Gasteiger partial charge in [0.15, 0.2) is 0 Å². The molecule has 0 spiro atoms. The Hall–Kier alpha value is -0.530. The van der Waals surface area contributed by atoms with E-state index in [1.54, 1.807) is 0 Å². The molecule has 0 N–H and O–H groups in total. The third-order valence-corrected chi connectivity index (χ3v) is 12.4. The second kappa shape index (κ2) is 48.6. The Balaban J connectivity index is 4.00. The van der Waals surface area contributed by atoms with Crippen LogP contribution in [0.5, 0.6) is 0 Å². The van der Waals surface area contributed by atoms with Crippen molar-refractivity contribution in [2.45, 2.75) is 316 Å². The first-order valence-electron chi connectivity index (χ1n) is 25.9.